The van der Waals surface area contributed by atoms with E-state index in [9.17, 15) is 0 Å². The van der Waals surface area contributed by atoms with Gasteiger partial charge in [0.25, 0.3) is 0 Å². The average molecular weight is 195 g/mol. The number of hydrogen-bond donors (Lipinski definition) is 2. The summed E-state index contributed by atoms with van der Waals surface area (Å²) >= 11 is -5.25. The second-order valence-corrected chi connectivity index (χ2v) is 1.85. The molecule has 0 aliphatic heterocycles. The molecule has 0 aliphatic carbocycles. The molecule has 4 nitrogen and oxygen atoms in total. The molecular weight excluding hydrogens is 189 g/mol. The molecule has 40 valence electrons. The van der Waals surface area contributed by atoms with Crippen molar-refractivity contribution >= 4 is 17.6 Å². The number of rotatable bonds is 0. The molecule has 0 aromatic carbocycles. The third-order valence-corrected chi connectivity index (χ3v) is 0. The Hall–Kier alpha value is 0.595. The molecule has 0 saturated heterocycles. The van der Waals surface area contributed by atoms with E-state index in [2.05, 4.69) is 0 Å². The van der Waals surface area contributed by atoms with Gasteiger partial charge in [-0.1, -0.05) is 0 Å². The minimum atomic E-state index is -5.25. The molecule has 6 heteroatoms. The second kappa shape index (κ2) is 2.72. The van der Waals surface area contributed by atoms with Crippen LogP contribution in [0.3, 0.4) is 0 Å². The fourth-order valence-corrected chi connectivity index (χ4v) is 0. The average Bonchev–Trinajstić information content (AvgIpc) is 0.722. The molecule has 6 heavy (non-hydrogen) atoms. The van der Waals surface area contributed by atoms with Crippen LogP contribution in [0.1, 0.15) is 0 Å². The molecule has 0 saturated carbocycles. The Kier molecular flexibility index (Phi) is 4.43. The van der Waals surface area contributed by atoms with Crippen LogP contribution in [0.2, 0.25) is 0 Å². The standard InChI is InChI=1S/Cr.GeH4.2H2O.2O/h;1H4;2*1H2;;/q+2;;;;;/p-2. The quantitative estimate of drug-likeness (QED) is 0.409. The van der Waals surface area contributed by atoms with Crippen molar-refractivity contribution in [3.05, 3.63) is 0 Å². The molecule has 0 rings (SSSR count). The van der Waals surface area contributed by atoms with E-state index >= 15 is 0 Å². The van der Waals surface area contributed by atoms with Crippen molar-refractivity contribution < 1.29 is 29.5 Å². The molecule has 0 aromatic heterocycles. The maximum absolute atomic E-state index is 8.82. The second-order valence-electron chi connectivity index (χ2n) is 0.448. The van der Waals surface area contributed by atoms with Crippen LogP contribution in [-0.4, -0.2) is 25.9 Å². The summed E-state index contributed by atoms with van der Waals surface area (Å²) in [6.07, 6.45) is 0. The summed E-state index contributed by atoms with van der Waals surface area (Å²) in [5.41, 5.74) is 0. The summed E-state index contributed by atoms with van der Waals surface area (Å²) in [6, 6.07) is 0. The van der Waals surface area contributed by atoms with Gasteiger partial charge in [-0.05, 0) is 0 Å². The van der Waals surface area contributed by atoms with Gasteiger partial charge in [0.15, 0.2) is 0 Å². The molecule has 0 heterocycles. The van der Waals surface area contributed by atoms with Gasteiger partial charge in [0.2, 0.25) is 0 Å². The predicted octanol–water partition coefficient (Wildman–Crippen LogP) is -2.81. The summed E-state index contributed by atoms with van der Waals surface area (Å²) in [6.45, 7) is 0. The molecule has 0 fully saturated rings. The van der Waals surface area contributed by atoms with Crippen molar-refractivity contribution in [2.45, 2.75) is 0 Å². The van der Waals surface area contributed by atoms with Gasteiger partial charge in [-0.15, -0.1) is 0 Å². The topological polar surface area (TPSA) is 74.6 Å². The summed E-state index contributed by atoms with van der Waals surface area (Å²) in [4.78, 5) is 0. The van der Waals surface area contributed by atoms with Gasteiger partial charge in [-0.25, -0.2) is 0 Å². The minimum absolute atomic E-state index is 0. The first kappa shape index (κ1) is 9.78. The van der Waals surface area contributed by atoms with Gasteiger partial charge in [0, 0.05) is 0 Å². The Morgan fingerprint density at radius 2 is 1.17 bits per heavy atom. The molecule has 0 spiro atoms. The molecule has 0 unspecified atom stereocenters. The van der Waals surface area contributed by atoms with E-state index in [1.54, 1.807) is 0 Å². The summed E-state index contributed by atoms with van der Waals surface area (Å²) < 4.78 is 31.9. The first-order chi connectivity index (χ1) is 2.00. The van der Waals surface area contributed by atoms with Crippen LogP contribution in [0.15, 0.2) is 0 Å². The summed E-state index contributed by atoms with van der Waals surface area (Å²) in [5.74, 6) is 0. The molecule has 0 radical (unpaired) electrons. The Bertz CT molecular complexity index is 90.7. The zero-order valence-electron chi connectivity index (χ0n) is 2.12. The van der Waals surface area contributed by atoms with Crippen LogP contribution in [0.4, 0.5) is 0 Å². The Morgan fingerprint density at radius 1 is 1.17 bits per heavy atom. The van der Waals surface area contributed by atoms with Gasteiger partial charge in [0.05, 0.1) is 0 Å². The van der Waals surface area contributed by atoms with Gasteiger partial charge in [0.1, 0.15) is 0 Å². The van der Waals surface area contributed by atoms with Crippen molar-refractivity contribution in [3.63, 3.8) is 0 Å². The van der Waals surface area contributed by atoms with Crippen LogP contribution in [-0.2, 0) is 21.2 Å². The van der Waals surface area contributed by atoms with Crippen LogP contribution in [0.25, 0.3) is 0 Å². The van der Waals surface area contributed by atoms with Crippen molar-refractivity contribution in [2.24, 2.45) is 0 Å². The normalized spacial score (nSPS) is 9.67. The van der Waals surface area contributed by atoms with Crippen LogP contribution >= 0.6 is 0 Å². The first-order valence-corrected chi connectivity index (χ1v) is 2.88. The Labute approximate surface area is 47.5 Å². The zero-order valence-corrected chi connectivity index (χ0v) is 3.39. The molecule has 0 aromatic rings. The fraction of sp³-hybridized carbons (Fsp3) is 0. The van der Waals surface area contributed by atoms with E-state index in [1.807, 2.05) is 0 Å². The van der Waals surface area contributed by atoms with E-state index in [0.29, 0.717) is 0 Å². The van der Waals surface area contributed by atoms with E-state index in [4.69, 9.17) is 15.9 Å². The van der Waals surface area contributed by atoms with Crippen molar-refractivity contribution in [1.29, 1.82) is 0 Å². The maximum atomic E-state index is 8.82. The molecule has 0 bridgehead atoms. The summed E-state index contributed by atoms with van der Waals surface area (Å²) in [5, 5.41) is 0. The van der Waals surface area contributed by atoms with Gasteiger partial charge < -0.3 is 0 Å². The third kappa shape index (κ3) is 168. The van der Waals surface area contributed by atoms with Gasteiger partial charge in [-0.3, -0.25) is 0 Å². The monoisotopic (exact) mass is 196 g/mol. The molecule has 2 N–H and O–H groups in total. The Morgan fingerprint density at radius 3 is 1.17 bits per heavy atom. The molecule has 0 aliphatic rings. The van der Waals surface area contributed by atoms with Gasteiger partial charge >= 0.3 is 47.1 Å². The van der Waals surface area contributed by atoms with Crippen LogP contribution < -0.4 is 0 Å². The summed E-state index contributed by atoms with van der Waals surface area (Å²) in [7, 11) is 0. The van der Waals surface area contributed by atoms with E-state index in [-0.39, 0.29) is 17.6 Å². The molecular formula is H6CrGeO4. The van der Waals surface area contributed by atoms with Crippen molar-refractivity contribution in [3.8, 4) is 0 Å². The molecule has 0 atom stereocenters. The van der Waals surface area contributed by atoms with E-state index in [0.717, 1.165) is 0 Å². The van der Waals surface area contributed by atoms with Crippen LogP contribution in [0, 0.1) is 0 Å². The first-order valence-electron chi connectivity index (χ1n) is 0.698. The van der Waals surface area contributed by atoms with E-state index < -0.39 is 13.6 Å². The van der Waals surface area contributed by atoms with Crippen molar-refractivity contribution in [1.82, 2.24) is 0 Å². The van der Waals surface area contributed by atoms with Gasteiger partial charge in [-0.2, -0.15) is 0 Å². The van der Waals surface area contributed by atoms with Crippen LogP contribution in [0.5, 0.6) is 0 Å². The number of hydrogen-bond acceptors (Lipinski definition) is 2. The van der Waals surface area contributed by atoms with E-state index in [1.165, 1.54) is 0 Å². The zero-order chi connectivity index (χ0) is 4.50. The predicted molar refractivity (Wildman–Crippen MR) is 17.1 cm³/mol. The fourth-order valence-electron chi connectivity index (χ4n) is 0. The SMILES string of the molecule is [GeH4].[O]=[Cr](=[O])([OH])[OH]. The Balaban J connectivity index is 0. The van der Waals surface area contributed by atoms with Crippen molar-refractivity contribution in [2.75, 3.05) is 0 Å². The molecule has 0 amide bonds. The third-order valence-electron chi connectivity index (χ3n) is 0.